The molecule has 0 aliphatic rings. The Morgan fingerprint density at radius 3 is 1.50 bits per heavy atom. The molecule has 0 aliphatic heterocycles. The summed E-state index contributed by atoms with van der Waals surface area (Å²) >= 11 is 0. The molecule has 0 saturated carbocycles. The van der Waals surface area contributed by atoms with Crippen LogP contribution in [0.25, 0.3) is 0 Å². The molecule has 2 unspecified atom stereocenters. The van der Waals surface area contributed by atoms with E-state index in [1.54, 1.807) is 12.2 Å². The molecule has 98 valence electrons. The average Bonchev–Trinajstić information content (AvgIpc) is 2.25. The van der Waals surface area contributed by atoms with Crippen LogP contribution in [-0.2, 0) is 19.5 Å². The third kappa shape index (κ3) is 9.97. The summed E-state index contributed by atoms with van der Waals surface area (Å²) < 4.78 is 0. The molecule has 0 bridgehead atoms. The van der Waals surface area contributed by atoms with Gasteiger partial charge in [0, 0.05) is 0 Å². The van der Waals surface area contributed by atoms with Gasteiger partial charge >= 0.3 is 10.2 Å². The molecule has 0 radical (unpaired) electrons. The van der Waals surface area contributed by atoms with E-state index >= 15 is 0 Å². The van der Waals surface area contributed by atoms with E-state index < -0.39 is 22.4 Å². The SMILES string of the molecule is CC(C#CO[N+](=O)[O-])OOC(C)C#CO[N+](=O)[O-]. The lowest BCUT2D eigenvalue weighted by Gasteiger charge is -2.07. The van der Waals surface area contributed by atoms with Crippen molar-refractivity contribution in [1.29, 1.82) is 0 Å². The van der Waals surface area contributed by atoms with Crippen LogP contribution in [0.15, 0.2) is 0 Å². The summed E-state index contributed by atoms with van der Waals surface area (Å²) in [7, 11) is 0. The van der Waals surface area contributed by atoms with Crippen molar-refractivity contribution in [3.8, 4) is 24.1 Å². The third-order valence-electron chi connectivity index (χ3n) is 1.11. The van der Waals surface area contributed by atoms with Crippen LogP contribution in [0, 0.1) is 44.3 Å². The van der Waals surface area contributed by atoms with E-state index in [2.05, 4.69) is 31.3 Å². The first-order valence-corrected chi connectivity index (χ1v) is 4.37. The number of rotatable bonds is 5. The van der Waals surface area contributed by atoms with Gasteiger partial charge in [-0.2, -0.15) is 0 Å². The van der Waals surface area contributed by atoms with E-state index in [0.717, 1.165) is 0 Å². The van der Waals surface area contributed by atoms with Crippen molar-refractivity contribution in [3.63, 3.8) is 0 Å². The lowest BCUT2D eigenvalue weighted by molar-refractivity contribution is -0.731. The van der Waals surface area contributed by atoms with Crippen LogP contribution in [0.4, 0.5) is 0 Å². The van der Waals surface area contributed by atoms with Crippen LogP contribution in [0.1, 0.15) is 13.8 Å². The van der Waals surface area contributed by atoms with E-state index in [0.29, 0.717) is 0 Å². The van der Waals surface area contributed by atoms with E-state index in [4.69, 9.17) is 0 Å². The Labute approximate surface area is 101 Å². The van der Waals surface area contributed by atoms with Crippen LogP contribution in [0.2, 0.25) is 0 Å². The zero-order valence-electron chi connectivity index (χ0n) is 9.32. The summed E-state index contributed by atoms with van der Waals surface area (Å²) in [6.45, 7) is 2.87. The lowest BCUT2D eigenvalue weighted by atomic mass is 10.4. The van der Waals surface area contributed by atoms with Gasteiger partial charge in [0.15, 0.2) is 12.2 Å². The second-order valence-electron chi connectivity index (χ2n) is 2.60. The molecule has 0 aliphatic carbocycles. The first-order valence-electron chi connectivity index (χ1n) is 4.37. The maximum absolute atomic E-state index is 9.74. The van der Waals surface area contributed by atoms with E-state index in [1.165, 1.54) is 13.8 Å². The maximum Gasteiger partial charge on any atom is 0.308 e. The highest BCUT2D eigenvalue weighted by Crippen LogP contribution is 1.95. The van der Waals surface area contributed by atoms with Crippen LogP contribution in [0.3, 0.4) is 0 Å². The minimum absolute atomic E-state index is 0.814. The standard InChI is InChI=1S/C8H8N2O8/c1-7(3-5-15-9(11)12)17-18-8(2)4-6-16-10(13)14/h7-8H,1-2H3. The van der Waals surface area contributed by atoms with Gasteiger partial charge in [-0.1, -0.05) is 0 Å². The molecule has 10 nitrogen and oxygen atoms in total. The highest BCUT2D eigenvalue weighted by atomic mass is 17.2. The molecule has 18 heavy (non-hydrogen) atoms. The third-order valence-corrected chi connectivity index (χ3v) is 1.11. The van der Waals surface area contributed by atoms with Crippen molar-refractivity contribution in [2.75, 3.05) is 0 Å². The molecule has 0 rings (SSSR count). The van der Waals surface area contributed by atoms with Gasteiger partial charge in [-0.05, 0) is 25.7 Å². The second-order valence-corrected chi connectivity index (χ2v) is 2.60. The largest absolute Gasteiger partial charge is 0.308 e. The van der Waals surface area contributed by atoms with Gasteiger partial charge in [-0.3, -0.25) is 0 Å². The molecule has 10 heteroatoms. The summed E-state index contributed by atoms with van der Waals surface area (Å²) in [4.78, 5) is 36.2. The fourth-order valence-electron chi connectivity index (χ4n) is 0.508. The van der Waals surface area contributed by atoms with Crippen molar-refractivity contribution >= 4 is 0 Å². The van der Waals surface area contributed by atoms with Crippen molar-refractivity contribution in [2.24, 2.45) is 0 Å². The van der Waals surface area contributed by atoms with Crippen molar-refractivity contribution < 1.29 is 29.6 Å². The Hall–Kier alpha value is -2.56. The molecular weight excluding hydrogens is 252 g/mol. The van der Waals surface area contributed by atoms with Gasteiger partial charge in [-0.15, -0.1) is 20.2 Å². The topological polar surface area (TPSA) is 123 Å². The molecule has 0 N–H and O–H groups in total. The fraction of sp³-hybridized carbons (Fsp3) is 0.500. The Balaban J connectivity index is 3.91. The summed E-state index contributed by atoms with van der Waals surface area (Å²) in [6.07, 6.45) is 1.90. The molecule has 0 aromatic carbocycles. The molecular formula is C8H8N2O8. The molecule has 0 spiro atoms. The van der Waals surface area contributed by atoms with Gasteiger partial charge < -0.3 is 0 Å². The number of nitrogens with zero attached hydrogens (tertiary/aromatic N) is 2. The van der Waals surface area contributed by atoms with Gasteiger partial charge in [0.2, 0.25) is 0 Å². The number of hydrogen-bond acceptors (Lipinski definition) is 8. The monoisotopic (exact) mass is 260 g/mol. The first-order chi connectivity index (χ1) is 8.41. The molecule has 0 fully saturated rings. The van der Waals surface area contributed by atoms with E-state index in [9.17, 15) is 20.2 Å². The zero-order chi connectivity index (χ0) is 14.0. The van der Waals surface area contributed by atoms with Crippen LogP contribution in [-0.4, -0.2) is 22.4 Å². The van der Waals surface area contributed by atoms with Crippen molar-refractivity contribution in [2.45, 2.75) is 26.1 Å². The predicted molar refractivity (Wildman–Crippen MR) is 52.8 cm³/mol. The van der Waals surface area contributed by atoms with Crippen molar-refractivity contribution in [3.05, 3.63) is 20.2 Å². The fourth-order valence-corrected chi connectivity index (χ4v) is 0.508. The Morgan fingerprint density at radius 1 is 0.889 bits per heavy atom. The summed E-state index contributed by atoms with van der Waals surface area (Å²) in [5.41, 5.74) is 0. The second kappa shape index (κ2) is 8.58. The van der Waals surface area contributed by atoms with Gasteiger partial charge in [0.1, 0.15) is 12.2 Å². The molecule has 0 amide bonds. The highest BCUT2D eigenvalue weighted by Gasteiger charge is 2.03. The van der Waals surface area contributed by atoms with Crippen LogP contribution in [0.5, 0.6) is 0 Å². The molecule has 2 atom stereocenters. The normalized spacial score (nSPS) is 11.9. The Bertz CT molecular complexity index is 374. The smallest absolute Gasteiger partial charge is 0.223 e. The zero-order valence-corrected chi connectivity index (χ0v) is 9.32. The predicted octanol–water partition coefficient (Wildman–Crippen LogP) is 0.0500. The highest BCUT2D eigenvalue weighted by molar-refractivity contribution is 4.98. The Morgan fingerprint density at radius 2 is 1.22 bits per heavy atom. The van der Waals surface area contributed by atoms with E-state index in [-0.39, 0.29) is 0 Å². The van der Waals surface area contributed by atoms with Gasteiger partial charge in [0.05, 0.1) is 0 Å². The minimum Gasteiger partial charge on any atom is -0.223 e. The lowest BCUT2D eigenvalue weighted by Crippen LogP contribution is -2.13. The Kier molecular flexibility index (Phi) is 7.36. The van der Waals surface area contributed by atoms with E-state index in [1.807, 2.05) is 0 Å². The quantitative estimate of drug-likeness (QED) is 0.294. The first kappa shape index (κ1) is 15.4. The molecule has 0 heterocycles. The summed E-state index contributed by atoms with van der Waals surface area (Å²) in [5.74, 6) is 4.39. The average molecular weight is 260 g/mol. The van der Waals surface area contributed by atoms with Crippen molar-refractivity contribution in [1.82, 2.24) is 0 Å². The van der Waals surface area contributed by atoms with Gasteiger partial charge in [0.25, 0.3) is 0 Å². The summed E-state index contributed by atoms with van der Waals surface area (Å²) in [6, 6.07) is 0. The molecule has 0 aromatic heterocycles. The van der Waals surface area contributed by atoms with Crippen LogP contribution < -0.4 is 0 Å². The number of hydrogen-bond donors (Lipinski definition) is 0. The molecule has 0 saturated heterocycles. The maximum atomic E-state index is 9.74. The van der Waals surface area contributed by atoms with Crippen LogP contribution >= 0.6 is 0 Å². The van der Waals surface area contributed by atoms with Gasteiger partial charge in [-0.25, -0.2) is 19.5 Å². The summed E-state index contributed by atoms with van der Waals surface area (Å²) in [5, 5.41) is 17.3. The minimum atomic E-state index is -1.08. The molecule has 0 aromatic rings.